The molecular formula is C15H23NO3. The van der Waals surface area contributed by atoms with Crippen LogP contribution in [0.25, 0.3) is 0 Å². The van der Waals surface area contributed by atoms with Gasteiger partial charge in [-0.05, 0) is 12.5 Å². The molecule has 0 radical (unpaired) electrons. The third-order valence-electron chi connectivity index (χ3n) is 3.25. The number of carbonyl (C=O) groups is 1. The van der Waals surface area contributed by atoms with E-state index >= 15 is 0 Å². The van der Waals surface area contributed by atoms with E-state index in [0.29, 0.717) is 6.54 Å². The van der Waals surface area contributed by atoms with Crippen molar-refractivity contribution in [2.45, 2.75) is 58.4 Å². The molecule has 0 amide bonds. The van der Waals surface area contributed by atoms with Crippen LogP contribution in [0.4, 0.5) is 0 Å². The molecule has 0 fully saturated rings. The molecule has 1 N–H and O–H groups in total. The quantitative estimate of drug-likeness (QED) is 0.697. The second kappa shape index (κ2) is 8.51. The summed E-state index contributed by atoms with van der Waals surface area (Å²) in [4.78, 5) is 22.4. The molecule has 0 aliphatic heterocycles. The summed E-state index contributed by atoms with van der Waals surface area (Å²) in [7, 11) is 0. The summed E-state index contributed by atoms with van der Waals surface area (Å²) in [5.41, 5.74) is -0.174. The highest BCUT2D eigenvalue weighted by atomic mass is 16.4. The van der Waals surface area contributed by atoms with Crippen LogP contribution in [0.3, 0.4) is 0 Å². The lowest BCUT2D eigenvalue weighted by Gasteiger charge is -2.05. The van der Waals surface area contributed by atoms with Crippen molar-refractivity contribution in [2.24, 2.45) is 0 Å². The van der Waals surface area contributed by atoms with Gasteiger partial charge in [-0.15, -0.1) is 0 Å². The third-order valence-corrected chi connectivity index (χ3v) is 3.25. The maximum absolute atomic E-state index is 11.6. The molecule has 0 saturated carbocycles. The highest BCUT2D eigenvalue weighted by Gasteiger charge is 2.04. The van der Waals surface area contributed by atoms with E-state index in [4.69, 9.17) is 5.11 Å². The molecule has 1 aromatic rings. The first kappa shape index (κ1) is 15.5. The van der Waals surface area contributed by atoms with E-state index in [1.165, 1.54) is 44.2 Å². The van der Waals surface area contributed by atoms with E-state index in [9.17, 15) is 9.59 Å². The molecule has 0 atom stereocenters. The number of aromatic nitrogens is 1. The molecule has 0 unspecified atom stereocenters. The van der Waals surface area contributed by atoms with Gasteiger partial charge >= 0.3 is 5.97 Å². The van der Waals surface area contributed by atoms with Gasteiger partial charge in [0.15, 0.2) is 0 Å². The predicted octanol–water partition coefficient (Wildman–Crippen LogP) is 3.30. The fraction of sp³-hybridized carbons (Fsp3) is 0.600. The molecule has 0 spiro atoms. The van der Waals surface area contributed by atoms with Crippen molar-refractivity contribution in [3.05, 3.63) is 34.2 Å². The van der Waals surface area contributed by atoms with Gasteiger partial charge in [0.05, 0.1) is 5.56 Å². The van der Waals surface area contributed by atoms with Crippen molar-refractivity contribution in [3.8, 4) is 0 Å². The molecule has 0 saturated heterocycles. The van der Waals surface area contributed by atoms with Crippen LogP contribution in [0.15, 0.2) is 23.1 Å². The summed E-state index contributed by atoms with van der Waals surface area (Å²) in [5.74, 6) is -1.06. The van der Waals surface area contributed by atoms with E-state index in [1.54, 1.807) is 10.8 Å². The van der Waals surface area contributed by atoms with Crippen molar-refractivity contribution >= 4 is 5.97 Å². The Labute approximate surface area is 114 Å². The SMILES string of the molecule is CCCCCCCCCn1ccc(C(=O)O)cc1=O. The van der Waals surface area contributed by atoms with Gasteiger partial charge in [-0.2, -0.15) is 0 Å². The van der Waals surface area contributed by atoms with Crippen LogP contribution >= 0.6 is 0 Å². The van der Waals surface area contributed by atoms with Crippen LogP contribution in [0.2, 0.25) is 0 Å². The van der Waals surface area contributed by atoms with E-state index in [0.717, 1.165) is 12.8 Å². The molecular weight excluding hydrogens is 242 g/mol. The molecule has 0 bridgehead atoms. The second-order valence-corrected chi connectivity index (χ2v) is 4.87. The number of nitrogens with zero attached hydrogens (tertiary/aromatic N) is 1. The lowest BCUT2D eigenvalue weighted by Crippen LogP contribution is -2.20. The van der Waals surface area contributed by atoms with Gasteiger partial charge in [0.2, 0.25) is 0 Å². The Kier molecular flexibility index (Phi) is 6.93. The Morgan fingerprint density at radius 3 is 2.37 bits per heavy atom. The number of pyridine rings is 1. The molecule has 0 aliphatic rings. The molecule has 1 rings (SSSR count). The van der Waals surface area contributed by atoms with Crippen LogP contribution in [-0.2, 0) is 6.54 Å². The maximum Gasteiger partial charge on any atom is 0.335 e. The number of aromatic carboxylic acids is 1. The zero-order chi connectivity index (χ0) is 14.1. The Hall–Kier alpha value is -1.58. The fourth-order valence-corrected chi connectivity index (χ4v) is 2.06. The summed E-state index contributed by atoms with van der Waals surface area (Å²) >= 11 is 0. The minimum Gasteiger partial charge on any atom is -0.478 e. The Balaban J connectivity index is 2.30. The van der Waals surface area contributed by atoms with Crippen molar-refractivity contribution in [1.82, 2.24) is 4.57 Å². The average Bonchev–Trinajstić information content (AvgIpc) is 2.39. The number of carboxylic acid groups (broad SMARTS) is 1. The van der Waals surface area contributed by atoms with Gasteiger partial charge in [-0.3, -0.25) is 4.79 Å². The normalized spacial score (nSPS) is 10.6. The van der Waals surface area contributed by atoms with Crippen molar-refractivity contribution in [1.29, 1.82) is 0 Å². The summed E-state index contributed by atoms with van der Waals surface area (Å²) in [6.07, 6.45) is 9.99. The van der Waals surface area contributed by atoms with E-state index in [1.807, 2.05) is 0 Å². The zero-order valence-corrected chi connectivity index (χ0v) is 11.6. The lowest BCUT2D eigenvalue weighted by atomic mass is 10.1. The van der Waals surface area contributed by atoms with E-state index in [2.05, 4.69) is 6.92 Å². The molecule has 0 aromatic carbocycles. The van der Waals surface area contributed by atoms with Gasteiger partial charge < -0.3 is 9.67 Å². The van der Waals surface area contributed by atoms with Crippen LogP contribution in [0.1, 0.15) is 62.2 Å². The highest BCUT2D eigenvalue weighted by molar-refractivity contribution is 5.87. The van der Waals surface area contributed by atoms with Crippen molar-refractivity contribution in [2.75, 3.05) is 0 Å². The van der Waals surface area contributed by atoms with Crippen molar-refractivity contribution in [3.63, 3.8) is 0 Å². The number of carboxylic acids is 1. The zero-order valence-electron chi connectivity index (χ0n) is 11.6. The number of unbranched alkanes of at least 4 members (excludes halogenated alkanes) is 6. The Morgan fingerprint density at radius 1 is 1.16 bits per heavy atom. The van der Waals surface area contributed by atoms with E-state index in [-0.39, 0.29) is 11.1 Å². The topological polar surface area (TPSA) is 59.3 Å². The second-order valence-electron chi connectivity index (χ2n) is 4.87. The van der Waals surface area contributed by atoms with Gasteiger partial charge in [0.1, 0.15) is 0 Å². The van der Waals surface area contributed by atoms with E-state index < -0.39 is 5.97 Å². The van der Waals surface area contributed by atoms with Crippen LogP contribution in [0, 0.1) is 0 Å². The summed E-state index contributed by atoms with van der Waals surface area (Å²) in [6, 6.07) is 2.66. The van der Waals surface area contributed by atoms with Crippen LogP contribution in [-0.4, -0.2) is 15.6 Å². The van der Waals surface area contributed by atoms with Gasteiger partial charge in [0.25, 0.3) is 5.56 Å². The van der Waals surface area contributed by atoms with Crippen LogP contribution < -0.4 is 5.56 Å². The standard InChI is InChI=1S/C15H23NO3/c1-2-3-4-5-6-7-8-10-16-11-9-13(15(18)19)12-14(16)17/h9,11-12H,2-8,10H2,1H3,(H,18,19). The smallest absolute Gasteiger partial charge is 0.335 e. The van der Waals surface area contributed by atoms with Gasteiger partial charge in [-0.25, -0.2) is 4.79 Å². The summed E-state index contributed by atoms with van der Waals surface area (Å²) < 4.78 is 1.58. The van der Waals surface area contributed by atoms with Crippen molar-refractivity contribution < 1.29 is 9.90 Å². The first-order chi connectivity index (χ1) is 9.15. The average molecular weight is 265 g/mol. The minimum atomic E-state index is -1.06. The van der Waals surface area contributed by atoms with Gasteiger partial charge in [-0.1, -0.05) is 45.4 Å². The maximum atomic E-state index is 11.6. The molecule has 1 aromatic heterocycles. The summed E-state index contributed by atoms with van der Waals surface area (Å²) in [5, 5.41) is 8.77. The Morgan fingerprint density at radius 2 is 1.79 bits per heavy atom. The molecule has 0 aliphatic carbocycles. The minimum absolute atomic E-state index is 0.0563. The fourth-order valence-electron chi connectivity index (χ4n) is 2.06. The number of hydrogen-bond donors (Lipinski definition) is 1. The third kappa shape index (κ3) is 5.73. The largest absolute Gasteiger partial charge is 0.478 e. The number of aryl methyl sites for hydroxylation is 1. The monoisotopic (exact) mass is 265 g/mol. The number of hydrogen-bond acceptors (Lipinski definition) is 2. The molecule has 1 heterocycles. The molecule has 106 valence electrons. The van der Waals surface area contributed by atoms with Crippen LogP contribution in [0.5, 0.6) is 0 Å². The predicted molar refractivity (Wildman–Crippen MR) is 75.7 cm³/mol. The lowest BCUT2D eigenvalue weighted by molar-refractivity contribution is 0.0696. The Bertz CT molecular complexity index is 451. The van der Waals surface area contributed by atoms with Gasteiger partial charge in [0, 0.05) is 18.8 Å². The number of rotatable bonds is 9. The molecule has 4 nitrogen and oxygen atoms in total. The first-order valence-electron chi connectivity index (χ1n) is 7.09. The highest BCUT2D eigenvalue weighted by Crippen LogP contribution is 2.07. The molecule has 19 heavy (non-hydrogen) atoms. The summed E-state index contributed by atoms with van der Waals surface area (Å²) in [6.45, 7) is 2.87. The first-order valence-corrected chi connectivity index (χ1v) is 7.09. The molecule has 4 heteroatoms.